The van der Waals surface area contributed by atoms with Gasteiger partial charge in [-0.1, -0.05) is 25.6 Å². The molecule has 8 heteroatoms. The summed E-state index contributed by atoms with van der Waals surface area (Å²) in [5, 5.41) is 3.74. The Hall–Kier alpha value is -1.93. The Bertz CT molecular complexity index is 805. The first-order chi connectivity index (χ1) is 12.8. The maximum atomic E-state index is 12.1. The number of ether oxygens (including phenoxy) is 1. The van der Waals surface area contributed by atoms with Crippen LogP contribution in [-0.2, 0) is 10.5 Å². The van der Waals surface area contributed by atoms with Crippen molar-refractivity contribution in [1.82, 2.24) is 9.97 Å². The van der Waals surface area contributed by atoms with Crippen molar-refractivity contribution < 1.29 is 9.53 Å². The van der Waals surface area contributed by atoms with Gasteiger partial charge in [-0.3, -0.25) is 9.59 Å². The standard InChI is InChI=1S/C19H25N3O3S2/c1-12(2)25-16-7-5-14(6-8-16)20-18(24)11-27-19-21-15(9-17(23)22-19)10-26-13(3)4/h5-9,12-13H,10-11H2,1-4H3,(H,20,24)(H,21,22,23). The van der Waals surface area contributed by atoms with Crippen LogP contribution >= 0.6 is 23.5 Å². The second kappa shape index (κ2) is 10.4. The van der Waals surface area contributed by atoms with E-state index in [4.69, 9.17) is 4.74 Å². The molecular weight excluding hydrogens is 382 g/mol. The predicted octanol–water partition coefficient (Wildman–Crippen LogP) is 3.93. The van der Waals surface area contributed by atoms with Gasteiger partial charge in [0, 0.05) is 17.5 Å². The third kappa shape index (κ3) is 8.09. The molecule has 2 aromatic rings. The molecule has 1 heterocycles. The fourth-order valence-corrected chi connectivity index (χ4v) is 3.44. The third-order valence-electron chi connectivity index (χ3n) is 3.19. The summed E-state index contributed by atoms with van der Waals surface area (Å²) < 4.78 is 5.58. The number of nitrogens with one attached hydrogen (secondary N) is 2. The number of hydrogen-bond acceptors (Lipinski definition) is 6. The molecule has 0 unspecified atom stereocenters. The summed E-state index contributed by atoms with van der Waals surface area (Å²) in [7, 11) is 0. The molecule has 27 heavy (non-hydrogen) atoms. The Morgan fingerprint density at radius 1 is 1.22 bits per heavy atom. The molecule has 0 aliphatic rings. The molecule has 0 saturated carbocycles. The van der Waals surface area contributed by atoms with E-state index in [-0.39, 0.29) is 23.3 Å². The molecule has 0 bridgehead atoms. The Balaban J connectivity index is 1.88. The van der Waals surface area contributed by atoms with Crippen molar-refractivity contribution in [3.8, 4) is 5.75 Å². The largest absolute Gasteiger partial charge is 0.491 e. The minimum Gasteiger partial charge on any atom is -0.491 e. The summed E-state index contributed by atoms with van der Waals surface area (Å²) in [6, 6.07) is 8.73. The Labute approximate surface area is 167 Å². The van der Waals surface area contributed by atoms with Gasteiger partial charge in [0.15, 0.2) is 5.16 Å². The van der Waals surface area contributed by atoms with Gasteiger partial charge in [0.25, 0.3) is 5.56 Å². The molecule has 0 aliphatic carbocycles. The molecule has 0 radical (unpaired) electrons. The van der Waals surface area contributed by atoms with Crippen LogP contribution in [0.25, 0.3) is 0 Å². The lowest BCUT2D eigenvalue weighted by Crippen LogP contribution is -2.16. The zero-order valence-electron chi connectivity index (χ0n) is 15.9. The normalized spacial score (nSPS) is 11.0. The van der Waals surface area contributed by atoms with E-state index >= 15 is 0 Å². The number of anilines is 1. The van der Waals surface area contributed by atoms with E-state index in [1.165, 1.54) is 17.8 Å². The van der Waals surface area contributed by atoms with Crippen molar-refractivity contribution in [3.05, 3.63) is 46.4 Å². The second-order valence-corrected chi connectivity index (χ2v) is 8.96. The van der Waals surface area contributed by atoms with Gasteiger partial charge in [0.05, 0.1) is 17.6 Å². The van der Waals surface area contributed by atoms with Crippen LogP contribution in [0.2, 0.25) is 0 Å². The molecule has 6 nitrogen and oxygen atoms in total. The summed E-state index contributed by atoms with van der Waals surface area (Å²) in [4.78, 5) is 31.0. The highest BCUT2D eigenvalue weighted by atomic mass is 32.2. The lowest BCUT2D eigenvalue weighted by molar-refractivity contribution is -0.113. The van der Waals surface area contributed by atoms with Crippen LogP contribution in [0.4, 0.5) is 5.69 Å². The third-order valence-corrected chi connectivity index (χ3v) is 5.19. The van der Waals surface area contributed by atoms with Crippen LogP contribution in [0.3, 0.4) is 0 Å². The number of carbonyl (C=O) groups is 1. The molecule has 0 fully saturated rings. The van der Waals surface area contributed by atoms with E-state index < -0.39 is 0 Å². The quantitative estimate of drug-likeness (QED) is 0.484. The lowest BCUT2D eigenvalue weighted by Gasteiger charge is -2.10. The summed E-state index contributed by atoms with van der Waals surface area (Å²) >= 11 is 2.93. The first-order valence-electron chi connectivity index (χ1n) is 8.73. The van der Waals surface area contributed by atoms with E-state index in [0.29, 0.717) is 21.8 Å². The predicted molar refractivity (Wildman–Crippen MR) is 113 cm³/mol. The number of amides is 1. The van der Waals surface area contributed by atoms with Crippen molar-refractivity contribution >= 4 is 35.1 Å². The number of aromatic amines is 1. The summed E-state index contributed by atoms with van der Waals surface area (Å²) in [6.45, 7) is 8.11. The molecule has 146 valence electrons. The van der Waals surface area contributed by atoms with Crippen molar-refractivity contribution in [2.45, 2.75) is 50.0 Å². The van der Waals surface area contributed by atoms with Gasteiger partial charge >= 0.3 is 0 Å². The number of H-pyrrole nitrogens is 1. The van der Waals surface area contributed by atoms with Crippen molar-refractivity contribution in [1.29, 1.82) is 0 Å². The molecule has 1 amide bonds. The van der Waals surface area contributed by atoms with Crippen molar-refractivity contribution in [3.63, 3.8) is 0 Å². The topological polar surface area (TPSA) is 84.1 Å². The Morgan fingerprint density at radius 3 is 2.56 bits per heavy atom. The van der Waals surface area contributed by atoms with Crippen LogP contribution in [-0.4, -0.2) is 33.0 Å². The van der Waals surface area contributed by atoms with Crippen LogP contribution < -0.4 is 15.6 Å². The van der Waals surface area contributed by atoms with E-state index in [2.05, 4.69) is 29.1 Å². The second-order valence-electron chi connectivity index (χ2n) is 6.43. The Morgan fingerprint density at radius 2 is 1.93 bits per heavy atom. The molecule has 1 aromatic heterocycles. The summed E-state index contributed by atoms with van der Waals surface area (Å²) in [6.07, 6.45) is 0.103. The van der Waals surface area contributed by atoms with Gasteiger partial charge in [-0.2, -0.15) is 11.8 Å². The minimum atomic E-state index is -0.201. The first kappa shape index (κ1) is 21.4. The SMILES string of the molecule is CC(C)Oc1ccc(NC(=O)CSc2nc(CSC(C)C)cc(=O)[nH]2)cc1. The van der Waals surface area contributed by atoms with Crippen molar-refractivity contribution in [2.75, 3.05) is 11.1 Å². The first-order valence-corrected chi connectivity index (χ1v) is 10.8. The number of hydrogen-bond donors (Lipinski definition) is 2. The lowest BCUT2D eigenvalue weighted by atomic mass is 10.3. The van der Waals surface area contributed by atoms with E-state index in [1.54, 1.807) is 23.9 Å². The van der Waals surface area contributed by atoms with Gasteiger partial charge in [-0.25, -0.2) is 4.98 Å². The van der Waals surface area contributed by atoms with E-state index in [1.807, 2.05) is 26.0 Å². The van der Waals surface area contributed by atoms with Crippen LogP contribution in [0.15, 0.2) is 40.3 Å². The summed E-state index contributed by atoms with van der Waals surface area (Å²) in [5.41, 5.74) is 1.22. The van der Waals surface area contributed by atoms with Gasteiger partial charge in [-0.05, 0) is 43.4 Å². The molecule has 1 aromatic carbocycles. The van der Waals surface area contributed by atoms with Gasteiger partial charge in [0.2, 0.25) is 5.91 Å². The highest BCUT2D eigenvalue weighted by Gasteiger charge is 2.08. The summed E-state index contributed by atoms with van der Waals surface area (Å²) in [5.74, 6) is 1.43. The van der Waals surface area contributed by atoms with Crippen molar-refractivity contribution in [2.24, 2.45) is 0 Å². The molecule has 0 saturated heterocycles. The van der Waals surface area contributed by atoms with Crippen LogP contribution in [0.5, 0.6) is 5.75 Å². The maximum Gasteiger partial charge on any atom is 0.251 e. The number of nitrogens with zero attached hydrogens (tertiary/aromatic N) is 1. The number of aromatic nitrogens is 2. The molecule has 0 spiro atoms. The maximum absolute atomic E-state index is 12.1. The zero-order valence-corrected chi connectivity index (χ0v) is 17.6. The fourth-order valence-electron chi connectivity index (χ4n) is 2.10. The van der Waals surface area contributed by atoms with E-state index in [0.717, 1.165) is 11.4 Å². The Kier molecular flexibility index (Phi) is 8.24. The average Bonchev–Trinajstić information content (AvgIpc) is 2.59. The van der Waals surface area contributed by atoms with Gasteiger partial charge in [0.1, 0.15) is 5.75 Å². The van der Waals surface area contributed by atoms with E-state index in [9.17, 15) is 9.59 Å². The fraction of sp³-hybridized carbons (Fsp3) is 0.421. The molecule has 2 N–H and O–H groups in total. The number of thioether (sulfide) groups is 2. The van der Waals surface area contributed by atoms with Crippen LogP contribution in [0.1, 0.15) is 33.4 Å². The minimum absolute atomic E-state index is 0.103. The average molecular weight is 408 g/mol. The monoisotopic (exact) mass is 407 g/mol. The smallest absolute Gasteiger partial charge is 0.251 e. The number of carbonyl (C=O) groups excluding carboxylic acids is 1. The highest BCUT2D eigenvalue weighted by Crippen LogP contribution is 2.19. The molecule has 0 atom stereocenters. The zero-order chi connectivity index (χ0) is 19.8. The molecular formula is C19H25N3O3S2. The van der Waals surface area contributed by atoms with Gasteiger partial charge in [-0.15, -0.1) is 0 Å². The molecule has 2 rings (SSSR count). The van der Waals surface area contributed by atoms with Crippen LogP contribution in [0, 0.1) is 0 Å². The van der Waals surface area contributed by atoms with Gasteiger partial charge < -0.3 is 15.0 Å². The number of benzene rings is 1. The number of rotatable bonds is 9. The molecule has 0 aliphatic heterocycles. The highest BCUT2D eigenvalue weighted by molar-refractivity contribution is 7.99.